The second-order valence-electron chi connectivity index (χ2n) is 3.09. The van der Waals surface area contributed by atoms with Gasteiger partial charge in [0, 0.05) is 11.4 Å². The van der Waals surface area contributed by atoms with Gasteiger partial charge >= 0.3 is 0 Å². The van der Waals surface area contributed by atoms with Crippen LogP contribution in [-0.4, -0.2) is 6.29 Å². The van der Waals surface area contributed by atoms with Crippen molar-refractivity contribution in [3.05, 3.63) is 34.9 Å². The Morgan fingerprint density at radius 1 is 1.36 bits per heavy atom. The summed E-state index contributed by atoms with van der Waals surface area (Å²) in [5.74, 6) is 0. The molecule has 1 rings (SSSR count). The van der Waals surface area contributed by atoms with Crippen LogP contribution in [0.3, 0.4) is 0 Å². The summed E-state index contributed by atoms with van der Waals surface area (Å²) in [7, 11) is 0. The van der Waals surface area contributed by atoms with E-state index in [1.807, 2.05) is 24.3 Å². The van der Waals surface area contributed by atoms with E-state index in [0.29, 0.717) is 11.4 Å². The van der Waals surface area contributed by atoms with E-state index in [4.69, 9.17) is 23.2 Å². The summed E-state index contributed by atoms with van der Waals surface area (Å²) in [6.45, 7) is 0. The molecule has 3 heteroatoms. The van der Waals surface area contributed by atoms with Gasteiger partial charge in [-0.1, -0.05) is 29.8 Å². The van der Waals surface area contributed by atoms with Gasteiger partial charge in [0.15, 0.2) is 0 Å². The van der Waals surface area contributed by atoms with Crippen molar-refractivity contribution in [1.82, 2.24) is 0 Å². The summed E-state index contributed by atoms with van der Waals surface area (Å²) in [6.07, 6.45) is 3.07. The number of benzene rings is 1. The van der Waals surface area contributed by atoms with E-state index < -0.39 is 0 Å². The maximum Gasteiger partial charge on any atom is 0.119 e. The van der Waals surface area contributed by atoms with Crippen LogP contribution in [-0.2, 0) is 4.79 Å². The summed E-state index contributed by atoms with van der Waals surface area (Å²) < 4.78 is 0. The van der Waals surface area contributed by atoms with Crippen LogP contribution in [0.25, 0.3) is 0 Å². The third kappa shape index (κ3) is 3.32. The maximum absolute atomic E-state index is 10.1. The highest BCUT2D eigenvalue weighted by atomic mass is 35.5. The Kier molecular flexibility index (Phi) is 4.99. The molecule has 14 heavy (non-hydrogen) atoms. The molecule has 0 radical (unpaired) electrons. The van der Waals surface area contributed by atoms with E-state index in [-0.39, 0.29) is 5.38 Å². The maximum atomic E-state index is 10.1. The van der Waals surface area contributed by atoms with Crippen molar-refractivity contribution < 1.29 is 4.79 Å². The molecule has 1 aromatic carbocycles. The predicted octanol–water partition coefficient (Wildman–Crippen LogP) is 3.99. The molecular formula is C11H12Cl2O. The number of carbonyl (C=O) groups excluding carboxylic acids is 1. The molecule has 0 aliphatic rings. The number of hydrogen-bond acceptors (Lipinski definition) is 1. The third-order valence-corrected chi connectivity index (χ3v) is 2.82. The largest absolute Gasteiger partial charge is 0.303 e. The molecule has 0 bridgehead atoms. The summed E-state index contributed by atoms with van der Waals surface area (Å²) in [4.78, 5) is 10.1. The van der Waals surface area contributed by atoms with Crippen molar-refractivity contribution in [1.29, 1.82) is 0 Å². The van der Waals surface area contributed by atoms with Gasteiger partial charge in [-0.15, -0.1) is 11.6 Å². The Hall–Kier alpha value is -0.530. The van der Waals surface area contributed by atoms with Crippen molar-refractivity contribution in [2.45, 2.75) is 24.6 Å². The quantitative estimate of drug-likeness (QED) is 0.425. The Bertz CT molecular complexity index is 299. The molecule has 1 aromatic rings. The van der Waals surface area contributed by atoms with Gasteiger partial charge in [-0.3, -0.25) is 0 Å². The smallest absolute Gasteiger partial charge is 0.119 e. The Morgan fingerprint density at radius 3 is 2.71 bits per heavy atom. The number of aldehydes is 1. The SMILES string of the molecule is O=CCCCC(Cl)c1ccccc1Cl. The molecule has 1 atom stereocenters. The number of rotatable bonds is 5. The standard InChI is InChI=1S/C11H12Cl2O/c12-10-6-2-1-5-9(10)11(13)7-3-4-8-14/h1-2,5-6,8,11H,3-4,7H2. The van der Waals surface area contributed by atoms with Crippen LogP contribution in [0.5, 0.6) is 0 Å². The van der Waals surface area contributed by atoms with E-state index in [1.165, 1.54) is 0 Å². The first-order valence-electron chi connectivity index (χ1n) is 4.58. The molecule has 0 heterocycles. The van der Waals surface area contributed by atoms with Crippen molar-refractivity contribution in [2.24, 2.45) is 0 Å². The zero-order valence-corrected chi connectivity index (χ0v) is 9.26. The molecule has 0 aliphatic heterocycles. The molecule has 1 unspecified atom stereocenters. The first kappa shape index (κ1) is 11.5. The lowest BCUT2D eigenvalue weighted by Gasteiger charge is -2.10. The molecule has 0 aromatic heterocycles. The molecule has 0 aliphatic carbocycles. The lowest BCUT2D eigenvalue weighted by Crippen LogP contribution is -1.92. The van der Waals surface area contributed by atoms with Crippen molar-refractivity contribution in [3.63, 3.8) is 0 Å². The fraction of sp³-hybridized carbons (Fsp3) is 0.364. The summed E-state index contributed by atoms with van der Waals surface area (Å²) in [5, 5.41) is 0.599. The van der Waals surface area contributed by atoms with Crippen LogP contribution in [0, 0.1) is 0 Å². The average Bonchev–Trinajstić information content (AvgIpc) is 2.18. The van der Waals surface area contributed by atoms with Crippen LogP contribution in [0.1, 0.15) is 30.2 Å². The van der Waals surface area contributed by atoms with E-state index >= 15 is 0 Å². The fourth-order valence-corrected chi connectivity index (χ4v) is 1.93. The first-order chi connectivity index (χ1) is 6.75. The minimum atomic E-state index is -0.0938. The van der Waals surface area contributed by atoms with Crippen LogP contribution < -0.4 is 0 Å². The van der Waals surface area contributed by atoms with Crippen LogP contribution >= 0.6 is 23.2 Å². The second kappa shape index (κ2) is 6.05. The molecule has 0 N–H and O–H groups in total. The molecule has 1 nitrogen and oxygen atoms in total. The Labute approximate surface area is 94.0 Å². The van der Waals surface area contributed by atoms with Crippen LogP contribution in [0.2, 0.25) is 5.02 Å². The normalized spacial score (nSPS) is 12.4. The van der Waals surface area contributed by atoms with E-state index in [0.717, 1.165) is 24.7 Å². The number of unbranched alkanes of at least 4 members (excludes halogenated alkanes) is 1. The molecule has 0 saturated heterocycles. The molecular weight excluding hydrogens is 219 g/mol. The molecule has 76 valence electrons. The highest BCUT2D eigenvalue weighted by Crippen LogP contribution is 2.31. The molecule has 0 spiro atoms. The fourth-order valence-electron chi connectivity index (χ4n) is 1.27. The van der Waals surface area contributed by atoms with E-state index in [1.54, 1.807) is 0 Å². The molecule has 0 saturated carbocycles. The lowest BCUT2D eigenvalue weighted by atomic mass is 10.1. The predicted molar refractivity (Wildman–Crippen MR) is 60.0 cm³/mol. The zero-order valence-electron chi connectivity index (χ0n) is 7.75. The lowest BCUT2D eigenvalue weighted by molar-refractivity contribution is -0.107. The van der Waals surface area contributed by atoms with Gasteiger partial charge in [0.05, 0.1) is 5.38 Å². The Morgan fingerprint density at radius 2 is 2.07 bits per heavy atom. The van der Waals surface area contributed by atoms with E-state index in [2.05, 4.69) is 0 Å². The zero-order chi connectivity index (χ0) is 10.4. The number of carbonyl (C=O) groups is 1. The van der Waals surface area contributed by atoms with Gasteiger partial charge in [0.2, 0.25) is 0 Å². The second-order valence-corrected chi connectivity index (χ2v) is 4.02. The van der Waals surface area contributed by atoms with Gasteiger partial charge in [-0.05, 0) is 24.5 Å². The van der Waals surface area contributed by atoms with Crippen LogP contribution in [0.4, 0.5) is 0 Å². The third-order valence-electron chi connectivity index (χ3n) is 2.02. The highest BCUT2D eigenvalue weighted by molar-refractivity contribution is 6.32. The van der Waals surface area contributed by atoms with Crippen molar-refractivity contribution in [3.8, 4) is 0 Å². The molecule has 0 fully saturated rings. The number of alkyl halides is 1. The van der Waals surface area contributed by atoms with Gasteiger partial charge in [-0.2, -0.15) is 0 Å². The summed E-state index contributed by atoms with van der Waals surface area (Å²) >= 11 is 12.1. The molecule has 0 amide bonds. The minimum Gasteiger partial charge on any atom is -0.303 e. The topological polar surface area (TPSA) is 17.1 Å². The van der Waals surface area contributed by atoms with Gasteiger partial charge in [0.1, 0.15) is 6.29 Å². The minimum absolute atomic E-state index is 0.0938. The monoisotopic (exact) mass is 230 g/mol. The summed E-state index contributed by atoms with van der Waals surface area (Å²) in [5.41, 5.74) is 0.946. The Balaban J connectivity index is 2.55. The first-order valence-corrected chi connectivity index (χ1v) is 5.39. The highest BCUT2D eigenvalue weighted by Gasteiger charge is 2.10. The van der Waals surface area contributed by atoms with Crippen LogP contribution in [0.15, 0.2) is 24.3 Å². The van der Waals surface area contributed by atoms with Crippen molar-refractivity contribution in [2.75, 3.05) is 0 Å². The number of halogens is 2. The average molecular weight is 231 g/mol. The van der Waals surface area contributed by atoms with Gasteiger partial charge in [-0.25, -0.2) is 0 Å². The number of hydrogen-bond donors (Lipinski definition) is 0. The van der Waals surface area contributed by atoms with Crippen molar-refractivity contribution >= 4 is 29.5 Å². The summed E-state index contributed by atoms with van der Waals surface area (Å²) in [6, 6.07) is 7.53. The van der Waals surface area contributed by atoms with Gasteiger partial charge < -0.3 is 4.79 Å². The van der Waals surface area contributed by atoms with E-state index in [9.17, 15) is 4.79 Å². The van der Waals surface area contributed by atoms with Gasteiger partial charge in [0.25, 0.3) is 0 Å².